The minimum atomic E-state index is -0.706. The molecule has 0 aliphatic rings. The van der Waals surface area contributed by atoms with Crippen LogP contribution in [0.15, 0.2) is 77.3 Å². The van der Waals surface area contributed by atoms with E-state index < -0.39 is 18.5 Å². The highest BCUT2D eigenvalue weighted by molar-refractivity contribution is 9.10. The van der Waals surface area contributed by atoms with Crippen molar-refractivity contribution in [1.82, 2.24) is 0 Å². The Labute approximate surface area is 181 Å². The van der Waals surface area contributed by atoms with Crippen molar-refractivity contribution in [2.24, 2.45) is 0 Å². The van der Waals surface area contributed by atoms with Gasteiger partial charge in [0, 0.05) is 15.6 Å². The molecule has 0 saturated carbocycles. The van der Waals surface area contributed by atoms with Gasteiger partial charge >= 0.3 is 5.97 Å². The van der Waals surface area contributed by atoms with Gasteiger partial charge in [-0.15, -0.1) is 0 Å². The van der Waals surface area contributed by atoms with Crippen molar-refractivity contribution >= 4 is 39.3 Å². The van der Waals surface area contributed by atoms with Crippen LogP contribution < -0.4 is 10.1 Å². The van der Waals surface area contributed by atoms with Crippen LogP contribution in [0.3, 0.4) is 0 Å². The Bertz CT molecular complexity index is 1080. The summed E-state index contributed by atoms with van der Waals surface area (Å²) in [5.41, 5.74) is 1.25. The molecule has 152 valence electrons. The van der Waals surface area contributed by atoms with Crippen molar-refractivity contribution in [3.63, 3.8) is 0 Å². The first-order valence-corrected chi connectivity index (χ1v) is 9.77. The summed E-state index contributed by atoms with van der Waals surface area (Å²) in [6.45, 7) is -0.404. The number of hydrogen-bond donors (Lipinski definition) is 1. The van der Waals surface area contributed by atoms with Crippen LogP contribution in [0, 0.1) is 0 Å². The van der Waals surface area contributed by atoms with Crippen molar-refractivity contribution in [2.45, 2.75) is 0 Å². The summed E-state index contributed by atoms with van der Waals surface area (Å²) in [6, 6.07) is 19.8. The second kappa shape index (κ2) is 9.84. The summed E-state index contributed by atoms with van der Waals surface area (Å²) < 4.78 is 11.1. The van der Waals surface area contributed by atoms with Gasteiger partial charge in [-0.25, -0.2) is 4.79 Å². The fraction of sp³-hybridized carbons (Fsp3) is 0.0870. The summed E-state index contributed by atoms with van der Waals surface area (Å²) >= 11 is 3.30. The second-order valence-corrected chi connectivity index (χ2v) is 7.15. The maximum absolute atomic E-state index is 12.6. The number of amides is 1. The number of anilines is 1. The molecule has 0 aliphatic heterocycles. The molecule has 0 aromatic heterocycles. The Hall–Kier alpha value is -3.45. The zero-order valence-electron chi connectivity index (χ0n) is 16.1. The average Bonchev–Trinajstić information content (AvgIpc) is 2.78. The number of benzene rings is 3. The van der Waals surface area contributed by atoms with Crippen molar-refractivity contribution in [3.05, 3.63) is 94.0 Å². The van der Waals surface area contributed by atoms with Gasteiger partial charge in [0.05, 0.1) is 18.4 Å². The van der Waals surface area contributed by atoms with Crippen LogP contribution in [0.25, 0.3) is 0 Å². The maximum Gasteiger partial charge on any atom is 0.340 e. The van der Waals surface area contributed by atoms with Crippen LogP contribution in [0.4, 0.5) is 5.69 Å². The lowest BCUT2D eigenvalue weighted by Crippen LogP contribution is -2.18. The number of halogens is 1. The average molecular weight is 468 g/mol. The predicted octanol–water partition coefficient (Wildman–Crippen LogP) is 4.75. The highest BCUT2D eigenvalue weighted by Crippen LogP contribution is 2.19. The highest BCUT2D eigenvalue weighted by atomic mass is 79.9. The first kappa shape index (κ1) is 21.3. The number of carbonyl (C=O) groups is 3. The predicted molar refractivity (Wildman–Crippen MR) is 116 cm³/mol. The molecular weight excluding hydrogens is 450 g/mol. The Balaban J connectivity index is 1.69. The van der Waals surface area contributed by atoms with E-state index in [0.29, 0.717) is 16.9 Å². The standard InChI is InChI=1S/C23H18BrNO5/c1-29-18-6-4-5-16(13-18)22(27)25-20-8-3-2-7-19(20)23(28)30-14-21(26)15-9-11-17(24)12-10-15/h2-13H,14H2,1H3,(H,25,27). The fourth-order valence-electron chi connectivity index (χ4n) is 2.66. The van der Waals surface area contributed by atoms with Crippen LogP contribution in [-0.4, -0.2) is 31.4 Å². The number of rotatable bonds is 7. The summed E-state index contributed by atoms with van der Waals surface area (Å²) in [5.74, 6) is -0.891. The van der Waals surface area contributed by atoms with E-state index in [1.165, 1.54) is 13.2 Å². The molecule has 0 unspecified atom stereocenters. The van der Waals surface area contributed by atoms with Crippen LogP contribution in [0.5, 0.6) is 5.75 Å². The Kier molecular flexibility index (Phi) is 6.98. The van der Waals surface area contributed by atoms with Crippen LogP contribution >= 0.6 is 15.9 Å². The molecule has 0 fully saturated rings. The van der Waals surface area contributed by atoms with Gasteiger partial charge in [-0.05, 0) is 42.5 Å². The van der Waals surface area contributed by atoms with Gasteiger partial charge in [-0.1, -0.05) is 46.3 Å². The molecule has 1 N–H and O–H groups in total. The van der Waals surface area contributed by atoms with Gasteiger partial charge in [0.1, 0.15) is 5.75 Å². The van der Waals surface area contributed by atoms with Crippen molar-refractivity contribution in [1.29, 1.82) is 0 Å². The van der Waals surface area contributed by atoms with Crippen molar-refractivity contribution in [3.8, 4) is 5.75 Å². The molecule has 1 amide bonds. The van der Waals surface area contributed by atoms with E-state index >= 15 is 0 Å². The number of hydrogen-bond acceptors (Lipinski definition) is 5. The molecule has 0 spiro atoms. The lowest BCUT2D eigenvalue weighted by Gasteiger charge is -2.11. The number of methoxy groups -OCH3 is 1. The fourth-order valence-corrected chi connectivity index (χ4v) is 2.92. The molecule has 6 nitrogen and oxygen atoms in total. The molecule has 0 aliphatic carbocycles. The van der Waals surface area contributed by atoms with E-state index in [4.69, 9.17) is 9.47 Å². The molecule has 0 saturated heterocycles. The minimum Gasteiger partial charge on any atom is -0.497 e. The van der Waals surface area contributed by atoms with Crippen molar-refractivity contribution in [2.75, 3.05) is 19.0 Å². The number of para-hydroxylation sites is 1. The zero-order chi connectivity index (χ0) is 21.5. The molecular formula is C23H18BrNO5. The molecule has 0 heterocycles. The van der Waals surface area contributed by atoms with Gasteiger partial charge < -0.3 is 14.8 Å². The van der Waals surface area contributed by atoms with E-state index in [0.717, 1.165) is 4.47 Å². The molecule has 0 bridgehead atoms. The van der Waals surface area contributed by atoms with E-state index in [1.807, 2.05) is 0 Å². The van der Waals surface area contributed by atoms with E-state index in [9.17, 15) is 14.4 Å². The zero-order valence-corrected chi connectivity index (χ0v) is 17.6. The molecule has 0 atom stereocenters. The van der Waals surface area contributed by atoms with Crippen LogP contribution in [0.1, 0.15) is 31.1 Å². The number of carbonyl (C=O) groups excluding carboxylic acids is 3. The Morgan fingerprint density at radius 2 is 1.63 bits per heavy atom. The second-order valence-electron chi connectivity index (χ2n) is 6.24. The number of nitrogens with one attached hydrogen (secondary N) is 1. The summed E-state index contributed by atoms with van der Waals surface area (Å²) in [7, 11) is 1.51. The normalized spacial score (nSPS) is 10.2. The lowest BCUT2D eigenvalue weighted by atomic mass is 10.1. The van der Waals surface area contributed by atoms with Gasteiger partial charge in [0.15, 0.2) is 12.4 Å². The third-order valence-corrected chi connectivity index (χ3v) is 4.76. The van der Waals surface area contributed by atoms with E-state index in [1.54, 1.807) is 66.7 Å². The smallest absolute Gasteiger partial charge is 0.340 e. The first-order valence-electron chi connectivity index (χ1n) is 8.98. The van der Waals surface area contributed by atoms with Crippen LogP contribution in [0.2, 0.25) is 0 Å². The first-order chi connectivity index (χ1) is 14.5. The van der Waals surface area contributed by atoms with E-state index in [-0.39, 0.29) is 17.0 Å². The molecule has 3 aromatic carbocycles. The summed E-state index contributed by atoms with van der Waals surface area (Å²) in [5, 5.41) is 2.70. The van der Waals surface area contributed by atoms with Gasteiger partial charge in [0.25, 0.3) is 5.91 Å². The molecule has 30 heavy (non-hydrogen) atoms. The monoisotopic (exact) mass is 467 g/mol. The highest BCUT2D eigenvalue weighted by Gasteiger charge is 2.17. The molecule has 3 aromatic rings. The van der Waals surface area contributed by atoms with Gasteiger partial charge in [0.2, 0.25) is 0 Å². The van der Waals surface area contributed by atoms with E-state index in [2.05, 4.69) is 21.2 Å². The number of esters is 1. The maximum atomic E-state index is 12.6. The Morgan fingerprint density at radius 1 is 0.900 bits per heavy atom. The quantitative estimate of drug-likeness (QED) is 0.400. The third kappa shape index (κ3) is 5.33. The SMILES string of the molecule is COc1cccc(C(=O)Nc2ccccc2C(=O)OCC(=O)c2ccc(Br)cc2)c1. The third-order valence-electron chi connectivity index (χ3n) is 4.23. The van der Waals surface area contributed by atoms with Crippen LogP contribution in [-0.2, 0) is 4.74 Å². The number of ketones is 1. The number of ether oxygens (including phenoxy) is 2. The molecule has 7 heteroatoms. The Morgan fingerprint density at radius 3 is 2.37 bits per heavy atom. The minimum absolute atomic E-state index is 0.150. The van der Waals surface area contributed by atoms with Gasteiger partial charge in [-0.2, -0.15) is 0 Å². The summed E-state index contributed by atoms with van der Waals surface area (Å²) in [4.78, 5) is 37.3. The molecule has 0 radical (unpaired) electrons. The number of Topliss-reactive ketones (excluding diaryl/α,β-unsaturated/α-hetero) is 1. The largest absolute Gasteiger partial charge is 0.497 e. The molecule has 3 rings (SSSR count). The van der Waals surface area contributed by atoms with Gasteiger partial charge in [-0.3, -0.25) is 9.59 Å². The summed E-state index contributed by atoms with van der Waals surface area (Å²) in [6.07, 6.45) is 0. The topological polar surface area (TPSA) is 81.7 Å². The lowest BCUT2D eigenvalue weighted by molar-refractivity contribution is 0.0475. The van der Waals surface area contributed by atoms with Crippen molar-refractivity contribution < 1.29 is 23.9 Å².